The van der Waals surface area contributed by atoms with Crippen LogP contribution in [0.4, 0.5) is 0 Å². The molecule has 0 bridgehead atoms. The van der Waals surface area contributed by atoms with E-state index in [0.717, 1.165) is 25.9 Å². The molecular formula is C12H24N2O. The number of nitrogens with two attached hydrogens (primary N) is 1. The molecule has 1 aliphatic rings. The lowest BCUT2D eigenvalue weighted by Gasteiger charge is -2.24. The van der Waals surface area contributed by atoms with Crippen molar-refractivity contribution in [2.24, 2.45) is 5.84 Å². The van der Waals surface area contributed by atoms with Crippen molar-refractivity contribution >= 4 is 0 Å². The maximum absolute atomic E-state index is 5.69. The average Bonchev–Trinajstić information content (AvgIpc) is 2.25. The highest BCUT2D eigenvalue weighted by Crippen LogP contribution is 2.19. The van der Waals surface area contributed by atoms with Gasteiger partial charge in [-0.1, -0.05) is 5.57 Å². The maximum Gasteiger partial charge on any atom is 0.0575 e. The van der Waals surface area contributed by atoms with Gasteiger partial charge in [-0.05, 0) is 45.4 Å². The second-order valence-electron chi connectivity index (χ2n) is 4.59. The third kappa shape index (κ3) is 5.30. The van der Waals surface area contributed by atoms with Crippen molar-refractivity contribution in [2.75, 3.05) is 6.61 Å². The summed E-state index contributed by atoms with van der Waals surface area (Å²) in [6, 6.07) is 0.355. The summed E-state index contributed by atoms with van der Waals surface area (Å²) in [5, 5.41) is 0. The Hall–Kier alpha value is -0.380. The molecule has 2 unspecified atom stereocenters. The molecule has 0 saturated carbocycles. The highest BCUT2D eigenvalue weighted by Gasteiger charge is 2.16. The Balaban J connectivity index is 2.17. The Kier molecular flexibility index (Phi) is 5.91. The van der Waals surface area contributed by atoms with Crippen LogP contribution in [0.5, 0.6) is 0 Å². The first kappa shape index (κ1) is 12.7. The van der Waals surface area contributed by atoms with Crippen molar-refractivity contribution < 1.29 is 4.74 Å². The highest BCUT2D eigenvalue weighted by atomic mass is 16.5. The monoisotopic (exact) mass is 212 g/mol. The van der Waals surface area contributed by atoms with Gasteiger partial charge in [0.25, 0.3) is 0 Å². The van der Waals surface area contributed by atoms with Crippen molar-refractivity contribution in [1.29, 1.82) is 0 Å². The van der Waals surface area contributed by atoms with E-state index in [1.807, 2.05) is 6.92 Å². The lowest BCUT2D eigenvalue weighted by molar-refractivity contribution is 0.00858. The standard InChI is InChI=1S/C12H24N2O/c1-10(2)9-11(14-13)6-7-12-5-3-4-8-15-12/h11-12,14H,1,3-9,13H2,2H3. The van der Waals surface area contributed by atoms with Crippen molar-refractivity contribution in [2.45, 2.75) is 57.6 Å². The van der Waals surface area contributed by atoms with Gasteiger partial charge in [-0.25, -0.2) is 0 Å². The molecule has 2 atom stereocenters. The smallest absolute Gasteiger partial charge is 0.0575 e. The normalized spacial score (nSPS) is 23.7. The topological polar surface area (TPSA) is 47.3 Å². The minimum atomic E-state index is 0.355. The van der Waals surface area contributed by atoms with Crippen LogP contribution in [0.2, 0.25) is 0 Å². The van der Waals surface area contributed by atoms with Crippen LogP contribution in [-0.2, 0) is 4.74 Å². The second kappa shape index (κ2) is 6.99. The van der Waals surface area contributed by atoms with Gasteiger partial charge in [-0.3, -0.25) is 11.3 Å². The zero-order valence-electron chi connectivity index (χ0n) is 9.80. The Bertz CT molecular complexity index is 188. The van der Waals surface area contributed by atoms with Crippen LogP contribution in [0.3, 0.4) is 0 Å². The molecule has 0 amide bonds. The fraction of sp³-hybridized carbons (Fsp3) is 0.833. The summed E-state index contributed by atoms with van der Waals surface area (Å²) in [5.74, 6) is 5.50. The van der Waals surface area contributed by atoms with Crippen LogP contribution in [0.15, 0.2) is 12.2 Å². The molecule has 0 spiro atoms. The lowest BCUT2D eigenvalue weighted by atomic mass is 9.99. The predicted molar refractivity (Wildman–Crippen MR) is 63.4 cm³/mol. The minimum Gasteiger partial charge on any atom is -0.378 e. The van der Waals surface area contributed by atoms with E-state index < -0.39 is 0 Å². The SMILES string of the molecule is C=C(C)CC(CCC1CCCCO1)NN. The van der Waals surface area contributed by atoms with E-state index in [9.17, 15) is 0 Å². The van der Waals surface area contributed by atoms with Gasteiger partial charge in [-0.2, -0.15) is 0 Å². The summed E-state index contributed by atoms with van der Waals surface area (Å²) in [6.07, 6.45) is 7.36. The molecule has 1 heterocycles. The predicted octanol–water partition coefficient (Wildman–Crippen LogP) is 2.13. The Morgan fingerprint density at radius 1 is 1.60 bits per heavy atom. The van der Waals surface area contributed by atoms with Gasteiger partial charge < -0.3 is 4.74 Å². The molecular weight excluding hydrogens is 188 g/mol. The molecule has 1 saturated heterocycles. The Morgan fingerprint density at radius 2 is 2.40 bits per heavy atom. The Morgan fingerprint density at radius 3 is 2.93 bits per heavy atom. The highest BCUT2D eigenvalue weighted by molar-refractivity contribution is 4.92. The first-order chi connectivity index (χ1) is 7.22. The molecule has 1 aliphatic heterocycles. The van der Waals surface area contributed by atoms with E-state index in [0.29, 0.717) is 12.1 Å². The quantitative estimate of drug-likeness (QED) is 0.403. The Labute approximate surface area is 93.0 Å². The molecule has 0 aliphatic carbocycles. The minimum absolute atomic E-state index is 0.355. The van der Waals surface area contributed by atoms with E-state index in [2.05, 4.69) is 12.0 Å². The summed E-state index contributed by atoms with van der Waals surface area (Å²) in [5.41, 5.74) is 4.04. The van der Waals surface area contributed by atoms with E-state index >= 15 is 0 Å². The van der Waals surface area contributed by atoms with Gasteiger partial charge in [0.1, 0.15) is 0 Å². The molecule has 88 valence electrons. The van der Waals surface area contributed by atoms with E-state index in [1.54, 1.807) is 0 Å². The molecule has 3 heteroatoms. The van der Waals surface area contributed by atoms with Gasteiger partial charge in [0, 0.05) is 12.6 Å². The van der Waals surface area contributed by atoms with Crippen LogP contribution in [0.25, 0.3) is 0 Å². The van der Waals surface area contributed by atoms with Gasteiger partial charge in [0.15, 0.2) is 0 Å². The summed E-state index contributed by atoms with van der Waals surface area (Å²) >= 11 is 0. The number of nitrogens with one attached hydrogen (secondary N) is 1. The molecule has 3 N–H and O–H groups in total. The van der Waals surface area contributed by atoms with Gasteiger partial charge in [0.05, 0.1) is 6.10 Å². The molecule has 0 radical (unpaired) electrons. The number of hydrogen-bond donors (Lipinski definition) is 2. The molecule has 3 nitrogen and oxygen atoms in total. The van der Waals surface area contributed by atoms with Gasteiger partial charge in [-0.15, -0.1) is 6.58 Å². The van der Waals surface area contributed by atoms with Crippen molar-refractivity contribution in [3.05, 3.63) is 12.2 Å². The summed E-state index contributed by atoms with van der Waals surface area (Å²) < 4.78 is 5.69. The second-order valence-corrected chi connectivity index (χ2v) is 4.59. The number of hydrazine groups is 1. The van der Waals surface area contributed by atoms with Crippen LogP contribution < -0.4 is 11.3 Å². The van der Waals surface area contributed by atoms with Crippen LogP contribution in [0, 0.1) is 0 Å². The molecule has 0 aromatic rings. The first-order valence-electron chi connectivity index (χ1n) is 5.94. The lowest BCUT2D eigenvalue weighted by Crippen LogP contribution is -2.36. The number of ether oxygens (including phenoxy) is 1. The van der Waals surface area contributed by atoms with Crippen LogP contribution in [0.1, 0.15) is 45.4 Å². The number of rotatable bonds is 6. The number of hydrogen-bond acceptors (Lipinski definition) is 3. The molecule has 0 aromatic carbocycles. The average molecular weight is 212 g/mol. The largest absolute Gasteiger partial charge is 0.378 e. The zero-order valence-corrected chi connectivity index (χ0v) is 9.80. The zero-order chi connectivity index (χ0) is 11.1. The van der Waals surface area contributed by atoms with Crippen LogP contribution in [-0.4, -0.2) is 18.8 Å². The van der Waals surface area contributed by atoms with Crippen LogP contribution >= 0.6 is 0 Å². The molecule has 1 fully saturated rings. The third-order valence-corrected chi connectivity index (χ3v) is 2.94. The third-order valence-electron chi connectivity index (χ3n) is 2.94. The molecule has 0 aromatic heterocycles. The fourth-order valence-electron chi connectivity index (χ4n) is 2.09. The first-order valence-corrected chi connectivity index (χ1v) is 5.94. The summed E-state index contributed by atoms with van der Waals surface area (Å²) in [4.78, 5) is 0. The summed E-state index contributed by atoms with van der Waals surface area (Å²) in [7, 11) is 0. The van der Waals surface area contributed by atoms with Gasteiger partial charge >= 0.3 is 0 Å². The summed E-state index contributed by atoms with van der Waals surface area (Å²) in [6.45, 7) is 6.89. The van der Waals surface area contributed by atoms with Crippen molar-refractivity contribution in [3.8, 4) is 0 Å². The van der Waals surface area contributed by atoms with Gasteiger partial charge in [0.2, 0.25) is 0 Å². The molecule has 15 heavy (non-hydrogen) atoms. The fourth-order valence-corrected chi connectivity index (χ4v) is 2.09. The maximum atomic E-state index is 5.69. The van der Waals surface area contributed by atoms with E-state index in [1.165, 1.54) is 24.8 Å². The van der Waals surface area contributed by atoms with Crippen molar-refractivity contribution in [3.63, 3.8) is 0 Å². The van der Waals surface area contributed by atoms with E-state index in [4.69, 9.17) is 10.6 Å². The molecule has 1 rings (SSSR count). The van der Waals surface area contributed by atoms with E-state index in [-0.39, 0.29) is 0 Å². The van der Waals surface area contributed by atoms with Crippen molar-refractivity contribution in [1.82, 2.24) is 5.43 Å².